The van der Waals surface area contributed by atoms with Crippen LogP contribution in [0.2, 0.25) is 0 Å². The Bertz CT molecular complexity index is 1150. The number of carbonyl (C=O) groups excluding carboxylic acids is 2. The van der Waals surface area contributed by atoms with Crippen LogP contribution in [-0.4, -0.2) is 47.4 Å². The van der Waals surface area contributed by atoms with Gasteiger partial charge in [0.25, 0.3) is 0 Å². The predicted octanol–water partition coefficient (Wildman–Crippen LogP) is 20.0. The summed E-state index contributed by atoms with van der Waals surface area (Å²) in [5, 5.41) is 23.1. The van der Waals surface area contributed by atoms with Gasteiger partial charge in [0.2, 0.25) is 5.91 Å². The Balaban J connectivity index is 3.36. The molecule has 418 valence electrons. The summed E-state index contributed by atoms with van der Waals surface area (Å²) in [6.45, 7) is 4.91. The van der Waals surface area contributed by atoms with Crippen molar-refractivity contribution in [1.82, 2.24) is 5.32 Å². The quantitative estimate of drug-likeness (QED) is 0.0321. The zero-order valence-corrected chi connectivity index (χ0v) is 47.7. The van der Waals surface area contributed by atoms with Gasteiger partial charge in [0.15, 0.2) is 0 Å². The van der Waals surface area contributed by atoms with Crippen molar-refractivity contribution in [2.24, 2.45) is 0 Å². The van der Waals surface area contributed by atoms with Crippen LogP contribution in [-0.2, 0) is 14.3 Å². The van der Waals surface area contributed by atoms with E-state index in [-0.39, 0.29) is 18.5 Å². The van der Waals surface area contributed by atoms with Gasteiger partial charge in [-0.1, -0.05) is 281 Å². The summed E-state index contributed by atoms with van der Waals surface area (Å²) in [4.78, 5) is 24.4. The van der Waals surface area contributed by atoms with Crippen molar-refractivity contribution in [2.75, 3.05) is 13.2 Å². The van der Waals surface area contributed by atoms with Crippen LogP contribution in [0, 0.1) is 0 Å². The first-order valence-corrected chi connectivity index (χ1v) is 31.7. The third-order valence-corrected chi connectivity index (χ3v) is 14.7. The molecule has 0 aromatic carbocycles. The average molecular weight is 999 g/mol. The largest absolute Gasteiger partial charge is 0.466 e. The molecule has 2 unspecified atom stereocenters. The summed E-state index contributed by atoms with van der Waals surface area (Å²) in [6.07, 6.45) is 76.2. The molecule has 0 aliphatic rings. The summed E-state index contributed by atoms with van der Waals surface area (Å²) < 4.78 is 5.46. The van der Waals surface area contributed by atoms with Crippen molar-refractivity contribution in [3.63, 3.8) is 0 Å². The molecule has 6 heteroatoms. The summed E-state index contributed by atoms with van der Waals surface area (Å²) >= 11 is 0. The fourth-order valence-corrected chi connectivity index (χ4v) is 9.78. The average Bonchev–Trinajstić information content (AvgIpc) is 3.37. The molecule has 0 aromatic rings. The summed E-state index contributed by atoms with van der Waals surface area (Å²) in [5.74, 6) is -0.0308. The van der Waals surface area contributed by atoms with Crippen LogP contribution < -0.4 is 5.32 Å². The molecule has 0 bridgehead atoms. The molecule has 0 aromatic heterocycles. The van der Waals surface area contributed by atoms with Gasteiger partial charge in [-0.2, -0.15) is 0 Å². The van der Waals surface area contributed by atoms with Gasteiger partial charge in [0.1, 0.15) is 0 Å². The van der Waals surface area contributed by atoms with E-state index in [1.807, 2.05) is 0 Å². The van der Waals surface area contributed by atoms with Gasteiger partial charge in [-0.05, 0) is 83.5 Å². The minimum Gasteiger partial charge on any atom is -0.466 e. The van der Waals surface area contributed by atoms with E-state index in [9.17, 15) is 19.8 Å². The van der Waals surface area contributed by atoms with Gasteiger partial charge in [-0.3, -0.25) is 9.59 Å². The lowest BCUT2D eigenvalue weighted by molar-refractivity contribution is -0.143. The van der Waals surface area contributed by atoms with E-state index in [1.165, 1.54) is 257 Å². The molecule has 3 N–H and O–H groups in total. The zero-order chi connectivity index (χ0) is 51.4. The second kappa shape index (κ2) is 60.6. The number of esters is 1. The highest BCUT2D eigenvalue weighted by molar-refractivity contribution is 5.76. The van der Waals surface area contributed by atoms with Gasteiger partial charge in [0, 0.05) is 12.8 Å². The summed E-state index contributed by atoms with van der Waals surface area (Å²) in [5.41, 5.74) is 0. The molecule has 0 fully saturated rings. The number of rotatable bonds is 59. The number of amides is 1. The van der Waals surface area contributed by atoms with Crippen LogP contribution in [0.15, 0.2) is 36.5 Å². The van der Waals surface area contributed by atoms with Crippen LogP contribution in [0.1, 0.15) is 341 Å². The predicted molar refractivity (Wildman–Crippen MR) is 310 cm³/mol. The smallest absolute Gasteiger partial charge is 0.305 e. The van der Waals surface area contributed by atoms with Crippen molar-refractivity contribution in [1.29, 1.82) is 0 Å². The highest BCUT2D eigenvalue weighted by Gasteiger charge is 2.20. The Morgan fingerprint density at radius 2 is 0.704 bits per heavy atom. The molecule has 2 atom stereocenters. The molecule has 1 amide bonds. The zero-order valence-electron chi connectivity index (χ0n) is 47.7. The van der Waals surface area contributed by atoms with E-state index in [2.05, 4.69) is 55.6 Å². The van der Waals surface area contributed by atoms with E-state index < -0.39 is 12.1 Å². The molecule has 71 heavy (non-hydrogen) atoms. The second-order valence-corrected chi connectivity index (χ2v) is 21.7. The number of unbranched alkanes of at least 4 members (excludes halogenated alkanes) is 42. The molecule has 0 saturated heterocycles. The van der Waals surface area contributed by atoms with Crippen LogP contribution in [0.25, 0.3) is 0 Å². The molecular weight excluding hydrogens is 875 g/mol. The van der Waals surface area contributed by atoms with Crippen LogP contribution in [0.3, 0.4) is 0 Å². The molecule has 0 spiro atoms. The number of aliphatic hydroxyl groups excluding tert-OH is 2. The standard InChI is InChI=1S/C65H123NO5/c1-3-5-7-9-11-13-14-39-43-47-51-55-59-65(70)71-60-56-52-48-44-40-37-35-33-31-29-27-25-23-21-19-17-15-16-18-20-22-24-26-28-30-32-34-36-38-42-46-50-54-58-64(69)66-62(61-67)63(68)57-53-49-45-41-12-10-8-6-4-2/h11,13,19,21,25,27,62-63,67-68H,3-10,12,14-18,20,22-24,26,28-61H2,1-2H3,(H,66,69)/b13-11-,21-19-,27-25-. The second-order valence-electron chi connectivity index (χ2n) is 21.7. The number of aliphatic hydroxyl groups is 2. The number of ether oxygens (including phenoxy) is 1. The molecule has 0 rings (SSSR count). The molecule has 0 radical (unpaired) electrons. The van der Waals surface area contributed by atoms with E-state index in [0.29, 0.717) is 25.9 Å². The highest BCUT2D eigenvalue weighted by Crippen LogP contribution is 2.17. The van der Waals surface area contributed by atoms with Crippen molar-refractivity contribution in [3.8, 4) is 0 Å². The first-order valence-electron chi connectivity index (χ1n) is 31.7. The Morgan fingerprint density at radius 3 is 1.11 bits per heavy atom. The Labute approximate surface area is 443 Å². The van der Waals surface area contributed by atoms with E-state index in [1.54, 1.807) is 0 Å². The number of nitrogens with one attached hydrogen (secondary N) is 1. The van der Waals surface area contributed by atoms with E-state index in [0.717, 1.165) is 51.4 Å². The normalized spacial score (nSPS) is 12.8. The van der Waals surface area contributed by atoms with Crippen molar-refractivity contribution in [2.45, 2.75) is 353 Å². The lowest BCUT2D eigenvalue weighted by Crippen LogP contribution is -2.45. The lowest BCUT2D eigenvalue weighted by Gasteiger charge is -2.22. The topological polar surface area (TPSA) is 95.9 Å². The fourth-order valence-electron chi connectivity index (χ4n) is 9.78. The molecular formula is C65H123NO5. The maximum atomic E-state index is 12.4. The van der Waals surface area contributed by atoms with Crippen LogP contribution >= 0.6 is 0 Å². The Kier molecular flexibility index (Phi) is 59.0. The Hall–Kier alpha value is -1.92. The number of allylic oxidation sites excluding steroid dienone is 6. The number of hydrogen-bond acceptors (Lipinski definition) is 5. The Morgan fingerprint density at radius 1 is 0.394 bits per heavy atom. The lowest BCUT2D eigenvalue weighted by atomic mass is 10.0. The monoisotopic (exact) mass is 998 g/mol. The maximum absolute atomic E-state index is 12.4. The molecule has 0 heterocycles. The summed E-state index contributed by atoms with van der Waals surface area (Å²) in [7, 11) is 0. The fraction of sp³-hybridized carbons (Fsp3) is 0.877. The minimum absolute atomic E-state index is 0.00387. The van der Waals surface area contributed by atoms with Gasteiger partial charge < -0.3 is 20.3 Å². The molecule has 0 saturated carbocycles. The van der Waals surface area contributed by atoms with Crippen molar-refractivity contribution >= 4 is 11.9 Å². The van der Waals surface area contributed by atoms with Gasteiger partial charge in [-0.25, -0.2) is 0 Å². The number of hydrogen-bond donors (Lipinski definition) is 3. The van der Waals surface area contributed by atoms with Crippen molar-refractivity contribution < 1.29 is 24.5 Å². The molecule has 6 nitrogen and oxygen atoms in total. The molecule has 0 aliphatic heterocycles. The van der Waals surface area contributed by atoms with E-state index in [4.69, 9.17) is 4.74 Å². The van der Waals surface area contributed by atoms with Crippen molar-refractivity contribution in [3.05, 3.63) is 36.5 Å². The van der Waals surface area contributed by atoms with Gasteiger partial charge in [-0.15, -0.1) is 0 Å². The first-order chi connectivity index (χ1) is 35.0. The summed E-state index contributed by atoms with van der Waals surface area (Å²) in [6, 6.07) is -0.538. The minimum atomic E-state index is -0.660. The highest BCUT2D eigenvalue weighted by atomic mass is 16.5. The van der Waals surface area contributed by atoms with Crippen LogP contribution in [0.4, 0.5) is 0 Å². The molecule has 0 aliphatic carbocycles. The van der Waals surface area contributed by atoms with Gasteiger partial charge >= 0.3 is 5.97 Å². The van der Waals surface area contributed by atoms with Crippen LogP contribution in [0.5, 0.6) is 0 Å². The SMILES string of the molecule is CCCCC/C=C\CCCCCCCC(=O)OCCCCCCCCCCC/C=C\C/C=C\CCCCCCCCCCCCCCCCCCCC(=O)NC(CO)C(O)CCCCCCCCCCC. The number of carbonyl (C=O) groups is 2. The van der Waals surface area contributed by atoms with Gasteiger partial charge in [0.05, 0.1) is 25.4 Å². The maximum Gasteiger partial charge on any atom is 0.305 e. The third kappa shape index (κ3) is 57.2. The van der Waals surface area contributed by atoms with E-state index >= 15 is 0 Å². The third-order valence-electron chi connectivity index (χ3n) is 14.7. The first kappa shape index (κ1) is 69.1.